The number of aliphatic hydroxyl groups excluding tert-OH is 1. The summed E-state index contributed by atoms with van der Waals surface area (Å²) in [5.74, 6) is 0. The smallest absolute Gasteiger partial charge is 0.0795 e. The van der Waals surface area contributed by atoms with Crippen molar-refractivity contribution in [3.05, 3.63) is 34.9 Å². The minimum Gasteiger partial charge on any atom is -0.388 e. The molecule has 1 aromatic rings. The number of aryl methyl sites for hydroxylation is 1. The van der Waals surface area contributed by atoms with E-state index in [9.17, 15) is 5.11 Å². The lowest BCUT2D eigenvalue weighted by Crippen LogP contribution is -2.09. The molecule has 1 atom stereocenters. The molecular formula is C14H20O. The quantitative estimate of drug-likeness (QED) is 0.744. The molecule has 1 aliphatic carbocycles. The first kappa shape index (κ1) is 10.7. The van der Waals surface area contributed by atoms with E-state index in [2.05, 4.69) is 39.0 Å². The van der Waals surface area contributed by atoms with Gasteiger partial charge in [-0.05, 0) is 41.4 Å². The number of hydrogen-bond donors (Lipinski definition) is 1. The van der Waals surface area contributed by atoms with Gasteiger partial charge in [-0.1, -0.05) is 39.0 Å². The van der Waals surface area contributed by atoms with Crippen molar-refractivity contribution in [1.29, 1.82) is 0 Å². The Hall–Kier alpha value is -0.820. The third-order valence-corrected chi connectivity index (χ3v) is 2.99. The van der Waals surface area contributed by atoms with Gasteiger partial charge in [0.15, 0.2) is 0 Å². The number of aliphatic hydroxyl groups is 1. The number of hydrogen-bond acceptors (Lipinski definition) is 1. The Kier molecular flexibility index (Phi) is 2.59. The van der Waals surface area contributed by atoms with Gasteiger partial charge in [0, 0.05) is 0 Å². The molecule has 2 rings (SSSR count). The van der Waals surface area contributed by atoms with Crippen molar-refractivity contribution in [3.8, 4) is 0 Å². The van der Waals surface area contributed by atoms with Crippen LogP contribution in [0.3, 0.4) is 0 Å². The van der Waals surface area contributed by atoms with Crippen molar-refractivity contribution in [2.24, 2.45) is 5.41 Å². The molecule has 0 saturated carbocycles. The molecule has 15 heavy (non-hydrogen) atoms. The van der Waals surface area contributed by atoms with E-state index < -0.39 is 0 Å². The first-order chi connectivity index (χ1) is 6.96. The van der Waals surface area contributed by atoms with Gasteiger partial charge in [0.05, 0.1) is 6.10 Å². The van der Waals surface area contributed by atoms with Crippen LogP contribution < -0.4 is 0 Å². The maximum absolute atomic E-state index is 9.70. The van der Waals surface area contributed by atoms with E-state index in [1.807, 2.05) is 0 Å². The lowest BCUT2D eigenvalue weighted by atomic mass is 9.87. The van der Waals surface area contributed by atoms with Gasteiger partial charge in [0.25, 0.3) is 0 Å². The number of fused-ring (bicyclic) bond motifs is 1. The highest BCUT2D eigenvalue weighted by atomic mass is 16.3. The second kappa shape index (κ2) is 3.64. The molecule has 0 radical (unpaired) electrons. The Morgan fingerprint density at radius 1 is 1.33 bits per heavy atom. The van der Waals surface area contributed by atoms with E-state index >= 15 is 0 Å². The zero-order valence-corrected chi connectivity index (χ0v) is 9.88. The topological polar surface area (TPSA) is 20.2 Å². The maximum atomic E-state index is 9.70. The first-order valence-corrected chi connectivity index (χ1v) is 5.75. The Balaban J connectivity index is 2.24. The molecule has 1 aliphatic rings. The van der Waals surface area contributed by atoms with Crippen LogP contribution in [0.1, 0.15) is 50.0 Å². The van der Waals surface area contributed by atoms with Gasteiger partial charge < -0.3 is 5.11 Å². The SMILES string of the molecule is CC(C)(C)Cc1ccc2c(c1)CCC2O. The number of rotatable bonds is 1. The van der Waals surface area contributed by atoms with E-state index in [0.717, 1.165) is 24.8 Å². The van der Waals surface area contributed by atoms with Crippen molar-refractivity contribution in [2.45, 2.75) is 46.1 Å². The molecule has 1 unspecified atom stereocenters. The monoisotopic (exact) mass is 204 g/mol. The Bertz CT molecular complexity index is 360. The highest BCUT2D eigenvalue weighted by Gasteiger charge is 2.21. The third-order valence-electron chi connectivity index (χ3n) is 2.99. The zero-order chi connectivity index (χ0) is 11.1. The molecule has 0 spiro atoms. The number of benzene rings is 1. The molecule has 0 saturated heterocycles. The molecule has 0 aromatic heterocycles. The fourth-order valence-electron chi connectivity index (χ4n) is 2.37. The Labute approximate surface area is 92.1 Å². The van der Waals surface area contributed by atoms with Crippen LogP contribution in [0.15, 0.2) is 18.2 Å². The Morgan fingerprint density at radius 2 is 2.07 bits per heavy atom. The normalized spacial score (nSPS) is 20.4. The van der Waals surface area contributed by atoms with Crippen LogP contribution in [0.4, 0.5) is 0 Å². The fourth-order valence-corrected chi connectivity index (χ4v) is 2.37. The maximum Gasteiger partial charge on any atom is 0.0795 e. The lowest BCUT2D eigenvalue weighted by Gasteiger charge is -2.18. The lowest BCUT2D eigenvalue weighted by molar-refractivity contribution is 0.180. The summed E-state index contributed by atoms with van der Waals surface area (Å²) in [4.78, 5) is 0. The molecule has 1 heteroatoms. The fraction of sp³-hybridized carbons (Fsp3) is 0.571. The summed E-state index contributed by atoms with van der Waals surface area (Å²) in [6, 6.07) is 6.55. The van der Waals surface area contributed by atoms with E-state index in [1.54, 1.807) is 0 Å². The van der Waals surface area contributed by atoms with Crippen molar-refractivity contribution in [1.82, 2.24) is 0 Å². The van der Waals surface area contributed by atoms with Gasteiger partial charge in [0.2, 0.25) is 0 Å². The molecule has 82 valence electrons. The summed E-state index contributed by atoms with van der Waals surface area (Å²) in [6.45, 7) is 6.78. The summed E-state index contributed by atoms with van der Waals surface area (Å²) in [7, 11) is 0. The molecule has 0 amide bonds. The Morgan fingerprint density at radius 3 is 2.73 bits per heavy atom. The van der Waals surface area contributed by atoms with Crippen LogP contribution in [-0.4, -0.2) is 5.11 Å². The molecule has 0 aliphatic heterocycles. The van der Waals surface area contributed by atoms with Crippen LogP contribution in [0, 0.1) is 5.41 Å². The van der Waals surface area contributed by atoms with E-state index in [0.29, 0.717) is 5.41 Å². The van der Waals surface area contributed by atoms with Crippen LogP contribution in [0.2, 0.25) is 0 Å². The second-order valence-electron chi connectivity index (χ2n) is 5.83. The minimum atomic E-state index is -0.219. The van der Waals surface area contributed by atoms with Crippen LogP contribution >= 0.6 is 0 Å². The van der Waals surface area contributed by atoms with Gasteiger partial charge in [0.1, 0.15) is 0 Å². The predicted molar refractivity (Wildman–Crippen MR) is 62.9 cm³/mol. The molecule has 1 aromatic carbocycles. The summed E-state index contributed by atoms with van der Waals surface area (Å²) in [6.07, 6.45) is 2.82. The largest absolute Gasteiger partial charge is 0.388 e. The van der Waals surface area contributed by atoms with E-state index in [1.165, 1.54) is 11.1 Å². The first-order valence-electron chi connectivity index (χ1n) is 5.75. The van der Waals surface area contributed by atoms with Crippen molar-refractivity contribution >= 4 is 0 Å². The molecule has 1 nitrogen and oxygen atoms in total. The van der Waals surface area contributed by atoms with Gasteiger partial charge in [-0.25, -0.2) is 0 Å². The van der Waals surface area contributed by atoms with E-state index in [4.69, 9.17) is 0 Å². The predicted octanol–water partition coefficient (Wildman–Crippen LogP) is 3.25. The van der Waals surface area contributed by atoms with Crippen molar-refractivity contribution in [3.63, 3.8) is 0 Å². The summed E-state index contributed by atoms with van der Waals surface area (Å²) in [5, 5.41) is 9.70. The van der Waals surface area contributed by atoms with Gasteiger partial charge in [-0.2, -0.15) is 0 Å². The molecule has 0 heterocycles. The summed E-state index contributed by atoms with van der Waals surface area (Å²) in [5.41, 5.74) is 4.23. The average molecular weight is 204 g/mol. The van der Waals surface area contributed by atoms with E-state index in [-0.39, 0.29) is 6.10 Å². The highest BCUT2D eigenvalue weighted by molar-refractivity contribution is 5.37. The van der Waals surface area contributed by atoms with Crippen LogP contribution in [0.25, 0.3) is 0 Å². The van der Waals surface area contributed by atoms with Crippen LogP contribution in [-0.2, 0) is 12.8 Å². The average Bonchev–Trinajstić information content (AvgIpc) is 2.45. The van der Waals surface area contributed by atoms with Crippen molar-refractivity contribution in [2.75, 3.05) is 0 Å². The molecular weight excluding hydrogens is 184 g/mol. The van der Waals surface area contributed by atoms with Crippen molar-refractivity contribution < 1.29 is 5.11 Å². The van der Waals surface area contributed by atoms with Gasteiger partial charge in [-0.15, -0.1) is 0 Å². The standard InChI is InChI=1S/C14H20O/c1-14(2,3)9-10-4-6-12-11(8-10)5-7-13(12)15/h4,6,8,13,15H,5,7,9H2,1-3H3. The van der Waals surface area contributed by atoms with Gasteiger partial charge in [-0.3, -0.25) is 0 Å². The molecule has 0 fully saturated rings. The zero-order valence-electron chi connectivity index (χ0n) is 9.88. The highest BCUT2D eigenvalue weighted by Crippen LogP contribution is 2.32. The third kappa shape index (κ3) is 2.40. The molecule has 1 N–H and O–H groups in total. The summed E-state index contributed by atoms with van der Waals surface area (Å²) >= 11 is 0. The van der Waals surface area contributed by atoms with Crippen LogP contribution in [0.5, 0.6) is 0 Å². The second-order valence-corrected chi connectivity index (χ2v) is 5.83. The summed E-state index contributed by atoms with van der Waals surface area (Å²) < 4.78 is 0. The minimum absolute atomic E-state index is 0.219. The molecule has 0 bridgehead atoms. The van der Waals surface area contributed by atoms with Gasteiger partial charge >= 0.3 is 0 Å².